The molecule has 112 valence electrons. The van der Waals surface area contributed by atoms with Gasteiger partial charge in [0.2, 0.25) is 0 Å². The predicted molar refractivity (Wildman–Crippen MR) is 76.0 cm³/mol. The molecule has 1 nitrogen and oxygen atoms in total. The van der Waals surface area contributed by atoms with Gasteiger partial charge >= 0.3 is 6.36 Å². The van der Waals surface area contributed by atoms with E-state index in [9.17, 15) is 17.6 Å². The Morgan fingerprint density at radius 2 is 1.36 bits per heavy atom. The Morgan fingerprint density at radius 1 is 0.727 bits per heavy atom. The highest BCUT2D eigenvalue weighted by atomic mass is 19.4. The third-order valence-electron chi connectivity index (χ3n) is 3.27. The lowest BCUT2D eigenvalue weighted by Gasteiger charge is -2.11. The number of alkyl halides is 3. The minimum absolute atomic E-state index is 0.289. The standard InChI is InChI=1S/C17H10F4O/c18-16-10-9-13(14-3-1-2-4-15(14)16)11-5-7-12(8-6-11)22-17(19,20)21/h1-10H. The summed E-state index contributed by atoms with van der Waals surface area (Å²) in [6.45, 7) is 0. The van der Waals surface area contributed by atoms with Crippen LogP contribution in [0.2, 0.25) is 0 Å². The number of hydrogen-bond acceptors (Lipinski definition) is 1. The van der Waals surface area contributed by atoms with Crippen molar-refractivity contribution >= 4 is 10.8 Å². The van der Waals surface area contributed by atoms with Crippen LogP contribution in [0.25, 0.3) is 21.9 Å². The first-order valence-corrected chi connectivity index (χ1v) is 6.47. The third-order valence-corrected chi connectivity index (χ3v) is 3.27. The summed E-state index contributed by atoms with van der Waals surface area (Å²) in [5.74, 6) is -0.626. The van der Waals surface area contributed by atoms with Crippen molar-refractivity contribution in [3.63, 3.8) is 0 Å². The van der Waals surface area contributed by atoms with Crippen molar-refractivity contribution in [2.24, 2.45) is 0 Å². The second kappa shape index (κ2) is 5.33. The van der Waals surface area contributed by atoms with Crippen molar-refractivity contribution < 1.29 is 22.3 Å². The maximum atomic E-state index is 13.8. The summed E-state index contributed by atoms with van der Waals surface area (Å²) < 4.78 is 54.1. The molecular formula is C17H10F4O. The van der Waals surface area contributed by atoms with Gasteiger partial charge in [0.1, 0.15) is 11.6 Å². The molecule has 0 atom stereocenters. The number of ether oxygens (including phenoxy) is 1. The smallest absolute Gasteiger partial charge is 0.406 e. The molecule has 3 aromatic rings. The summed E-state index contributed by atoms with van der Waals surface area (Å²) in [7, 11) is 0. The molecule has 0 unspecified atom stereocenters. The topological polar surface area (TPSA) is 9.23 Å². The summed E-state index contributed by atoms with van der Waals surface area (Å²) in [5.41, 5.74) is 1.43. The van der Waals surface area contributed by atoms with Crippen LogP contribution < -0.4 is 4.74 Å². The van der Waals surface area contributed by atoms with Crippen LogP contribution in [0.1, 0.15) is 0 Å². The average Bonchev–Trinajstić information content (AvgIpc) is 2.48. The van der Waals surface area contributed by atoms with Gasteiger partial charge in [-0.1, -0.05) is 42.5 Å². The van der Waals surface area contributed by atoms with E-state index in [2.05, 4.69) is 4.74 Å². The fourth-order valence-electron chi connectivity index (χ4n) is 2.35. The Bertz CT molecular complexity index is 807. The molecule has 0 saturated heterocycles. The zero-order chi connectivity index (χ0) is 15.7. The lowest BCUT2D eigenvalue weighted by atomic mass is 9.98. The maximum absolute atomic E-state index is 13.8. The SMILES string of the molecule is Fc1ccc(-c2ccc(OC(F)(F)F)cc2)c2ccccc12. The number of benzene rings is 3. The number of rotatable bonds is 2. The zero-order valence-corrected chi connectivity index (χ0v) is 11.2. The molecule has 0 radical (unpaired) electrons. The molecule has 0 N–H and O–H groups in total. The Morgan fingerprint density at radius 3 is 2.00 bits per heavy atom. The van der Waals surface area contributed by atoms with Gasteiger partial charge in [-0.3, -0.25) is 0 Å². The lowest BCUT2D eigenvalue weighted by molar-refractivity contribution is -0.274. The van der Waals surface area contributed by atoms with Crippen LogP contribution in [-0.4, -0.2) is 6.36 Å². The molecule has 3 rings (SSSR count). The third kappa shape index (κ3) is 2.88. The van der Waals surface area contributed by atoms with Crippen LogP contribution >= 0.6 is 0 Å². The van der Waals surface area contributed by atoms with Crippen molar-refractivity contribution in [1.29, 1.82) is 0 Å². The van der Waals surface area contributed by atoms with E-state index >= 15 is 0 Å². The predicted octanol–water partition coefficient (Wildman–Crippen LogP) is 5.54. The number of hydrogen-bond donors (Lipinski definition) is 0. The Labute approximate surface area is 123 Å². The van der Waals surface area contributed by atoms with Gasteiger partial charge in [0.05, 0.1) is 0 Å². The largest absolute Gasteiger partial charge is 0.573 e. The second-order valence-electron chi connectivity index (χ2n) is 4.71. The molecule has 0 bridgehead atoms. The van der Waals surface area contributed by atoms with Gasteiger partial charge in [-0.15, -0.1) is 13.2 Å². The van der Waals surface area contributed by atoms with E-state index < -0.39 is 6.36 Å². The highest BCUT2D eigenvalue weighted by Crippen LogP contribution is 2.32. The molecule has 0 aliphatic rings. The molecule has 0 heterocycles. The molecule has 5 heteroatoms. The van der Waals surface area contributed by atoms with E-state index in [0.29, 0.717) is 16.3 Å². The van der Waals surface area contributed by atoms with E-state index in [4.69, 9.17) is 0 Å². The van der Waals surface area contributed by atoms with Crippen LogP contribution in [0.5, 0.6) is 5.75 Å². The first-order valence-electron chi connectivity index (χ1n) is 6.47. The van der Waals surface area contributed by atoms with Crippen LogP contribution in [-0.2, 0) is 0 Å². The molecule has 0 amide bonds. The van der Waals surface area contributed by atoms with Crippen molar-refractivity contribution in [3.05, 3.63) is 66.5 Å². The zero-order valence-electron chi connectivity index (χ0n) is 11.2. The van der Waals surface area contributed by atoms with E-state index in [1.165, 1.54) is 30.3 Å². The summed E-state index contributed by atoms with van der Waals surface area (Å²) >= 11 is 0. The van der Waals surface area contributed by atoms with Crippen LogP contribution in [0.15, 0.2) is 60.7 Å². The van der Waals surface area contributed by atoms with E-state index in [1.807, 2.05) is 0 Å². The molecule has 0 spiro atoms. The van der Waals surface area contributed by atoms with Gasteiger partial charge in [-0.05, 0) is 34.7 Å². The van der Waals surface area contributed by atoms with Crippen molar-refractivity contribution in [3.8, 4) is 16.9 Å². The van der Waals surface area contributed by atoms with Crippen LogP contribution in [0.3, 0.4) is 0 Å². The van der Waals surface area contributed by atoms with Crippen molar-refractivity contribution in [1.82, 2.24) is 0 Å². The highest BCUT2D eigenvalue weighted by molar-refractivity contribution is 5.97. The number of fused-ring (bicyclic) bond motifs is 1. The fourth-order valence-corrected chi connectivity index (χ4v) is 2.35. The van der Waals surface area contributed by atoms with Gasteiger partial charge in [0, 0.05) is 5.39 Å². The van der Waals surface area contributed by atoms with Gasteiger partial charge < -0.3 is 4.74 Å². The second-order valence-corrected chi connectivity index (χ2v) is 4.71. The summed E-state index contributed by atoms with van der Waals surface area (Å²) in [4.78, 5) is 0. The quantitative estimate of drug-likeness (QED) is 0.564. The molecular weight excluding hydrogens is 296 g/mol. The maximum Gasteiger partial charge on any atom is 0.573 e. The van der Waals surface area contributed by atoms with E-state index in [1.54, 1.807) is 30.3 Å². The van der Waals surface area contributed by atoms with Crippen molar-refractivity contribution in [2.45, 2.75) is 6.36 Å². The van der Waals surface area contributed by atoms with Gasteiger partial charge in [-0.2, -0.15) is 0 Å². The first-order chi connectivity index (χ1) is 10.4. The molecule has 3 aromatic carbocycles. The van der Waals surface area contributed by atoms with Crippen molar-refractivity contribution in [2.75, 3.05) is 0 Å². The normalized spacial score (nSPS) is 11.6. The number of halogens is 4. The molecule has 0 saturated carbocycles. The van der Waals surface area contributed by atoms with E-state index in [0.717, 1.165) is 5.56 Å². The summed E-state index contributed by atoms with van der Waals surface area (Å²) in [6, 6.07) is 15.4. The Balaban J connectivity index is 2.03. The van der Waals surface area contributed by atoms with Gasteiger partial charge in [0.25, 0.3) is 0 Å². The van der Waals surface area contributed by atoms with E-state index in [-0.39, 0.29) is 11.6 Å². The minimum Gasteiger partial charge on any atom is -0.406 e. The van der Waals surface area contributed by atoms with Crippen LogP contribution in [0.4, 0.5) is 17.6 Å². The van der Waals surface area contributed by atoms with Gasteiger partial charge in [0.15, 0.2) is 0 Å². The molecule has 0 fully saturated rings. The summed E-state index contributed by atoms with van der Waals surface area (Å²) in [5, 5.41) is 1.17. The first kappa shape index (κ1) is 14.4. The molecule has 0 aliphatic carbocycles. The fraction of sp³-hybridized carbons (Fsp3) is 0.0588. The Hall–Kier alpha value is -2.56. The lowest BCUT2D eigenvalue weighted by Crippen LogP contribution is -2.16. The molecule has 0 aliphatic heterocycles. The van der Waals surface area contributed by atoms with Gasteiger partial charge in [-0.25, -0.2) is 4.39 Å². The Kier molecular flexibility index (Phi) is 3.48. The molecule has 0 aromatic heterocycles. The minimum atomic E-state index is -4.72. The monoisotopic (exact) mass is 306 g/mol. The summed E-state index contributed by atoms with van der Waals surface area (Å²) in [6.07, 6.45) is -4.72. The average molecular weight is 306 g/mol. The highest BCUT2D eigenvalue weighted by Gasteiger charge is 2.30. The van der Waals surface area contributed by atoms with Crippen LogP contribution in [0, 0.1) is 5.82 Å². The molecule has 22 heavy (non-hydrogen) atoms.